The molecule has 0 aliphatic rings. The molecule has 2 heterocycles. The second kappa shape index (κ2) is 8.51. The Balaban J connectivity index is 1.82. The Kier molecular flexibility index (Phi) is 6.18. The van der Waals surface area contributed by atoms with Crippen LogP contribution >= 0.6 is 0 Å². The summed E-state index contributed by atoms with van der Waals surface area (Å²) >= 11 is 0. The monoisotopic (exact) mass is 468 g/mol. The number of hydrogen-bond donors (Lipinski definition) is 1. The van der Waals surface area contributed by atoms with Gasteiger partial charge in [-0.25, -0.2) is 16.8 Å². The van der Waals surface area contributed by atoms with Gasteiger partial charge in [0.15, 0.2) is 21.4 Å². The first-order valence-electron chi connectivity index (χ1n) is 8.80. The van der Waals surface area contributed by atoms with Crippen LogP contribution in [0.1, 0.15) is 17.0 Å². The maximum atomic E-state index is 12.7. The van der Waals surface area contributed by atoms with Crippen LogP contribution in [0.25, 0.3) is 0 Å². The molecule has 0 aliphatic carbocycles. The average molecular weight is 469 g/mol. The van der Waals surface area contributed by atoms with Crippen LogP contribution in [0.15, 0.2) is 44.6 Å². The van der Waals surface area contributed by atoms with Gasteiger partial charge in [0.05, 0.1) is 30.6 Å². The van der Waals surface area contributed by atoms with E-state index < -0.39 is 19.9 Å². The molecule has 0 amide bonds. The second-order valence-electron chi connectivity index (χ2n) is 6.44. The molecular weight excluding hydrogens is 448 g/mol. The number of nitrogens with zero attached hydrogens (tertiary/aromatic N) is 3. The van der Waals surface area contributed by atoms with Crippen molar-refractivity contribution >= 4 is 25.7 Å². The standard InChI is InChI=1S/C18H20N4O7S2/c1-11-17(12(2)29-21-11)30(23,24)10-13-5-7-14(8-6-13)31(25,26)22-15-9-16(27-3)20-18(19-15)28-4/h5-9H,10H2,1-4H3,(H,19,20,22). The maximum absolute atomic E-state index is 12.7. The molecule has 0 radical (unpaired) electrons. The number of nitrogens with one attached hydrogen (secondary N) is 1. The molecule has 0 bridgehead atoms. The fourth-order valence-corrected chi connectivity index (χ4v) is 5.55. The van der Waals surface area contributed by atoms with Crippen LogP contribution in [0.4, 0.5) is 5.82 Å². The first-order chi connectivity index (χ1) is 14.6. The summed E-state index contributed by atoms with van der Waals surface area (Å²) in [7, 11) is -5.01. The minimum atomic E-state index is -4.01. The van der Waals surface area contributed by atoms with E-state index in [1.807, 2.05) is 0 Å². The van der Waals surface area contributed by atoms with Crippen molar-refractivity contribution in [2.45, 2.75) is 29.4 Å². The largest absolute Gasteiger partial charge is 0.481 e. The first-order valence-corrected chi connectivity index (χ1v) is 11.9. The summed E-state index contributed by atoms with van der Waals surface area (Å²) in [5.74, 6) is -0.0564. The molecule has 1 aromatic carbocycles. The molecule has 0 atom stereocenters. The Morgan fingerprint density at radius 1 is 1.00 bits per heavy atom. The van der Waals surface area contributed by atoms with Crippen LogP contribution in [-0.4, -0.2) is 46.2 Å². The second-order valence-corrected chi connectivity index (χ2v) is 10.1. The van der Waals surface area contributed by atoms with Gasteiger partial charge in [0.1, 0.15) is 4.90 Å². The van der Waals surface area contributed by atoms with E-state index in [4.69, 9.17) is 14.0 Å². The molecular formula is C18H20N4O7S2. The summed E-state index contributed by atoms with van der Waals surface area (Å²) in [6.45, 7) is 3.06. The van der Waals surface area contributed by atoms with Gasteiger partial charge in [-0.3, -0.25) is 4.72 Å². The van der Waals surface area contributed by atoms with E-state index in [1.54, 1.807) is 6.92 Å². The number of ether oxygens (including phenoxy) is 2. The zero-order valence-corrected chi connectivity index (χ0v) is 18.7. The number of benzene rings is 1. The lowest BCUT2D eigenvalue weighted by atomic mass is 10.2. The van der Waals surface area contributed by atoms with Crippen LogP contribution in [0.5, 0.6) is 11.9 Å². The Morgan fingerprint density at radius 3 is 2.23 bits per heavy atom. The van der Waals surface area contributed by atoms with Gasteiger partial charge in [-0.1, -0.05) is 17.3 Å². The van der Waals surface area contributed by atoms with Gasteiger partial charge >= 0.3 is 6.01 Å². The van der Waals surface area contributed by atoms with Gasteiger partial charge in [0.25, 0.3) is 10.0 Å². The highest BCUT2D eigenvalue weighted by atomic mass is 32.2. The summed E-state index contributed by atoms with van der Waals surface area (Å²) in [4.78, 5) is 7.78. The van der Waals surface area contributed by atoms with Crippen molar-refractivity contribution in [3.63, 3.8) is 0 Å². The van der Waals surface area contributed by atoms with Crippen molar-refractivity contribution in [3.8, 4) is 11.9 Å². The van der Waals surface area contributed by atoms with Gasteiger partial charge < -0.3 is 14.0 Å². The summed E-state index contributed by atoms with van der Waals surface area (Å²) < 4.78 is 67.9. The molecule has 11 nitrogen and oxygen atoms in total. The zero-order valence-electron chi connectivity index (χ0n) is 17.1. The fraction of sp³-hybridized carbons (Fsp3) is 0.278. The number of sulfone groups is 1. The minimum Gasteiger partial charge on any atom is -0.481 e. The molecule has 0 unspecified atom stereocenters. The third kappa shape index (κ3) is 4.94. The van der Waals surface area contributed by atoms with E-state index in [-0.39, 0.29) is 44.7 Å². The highest BCUT2D eigenvalue weighted by Crippen LogP contribution is 2.25. The molecule has 2 aromatic heterocycles. The summed E-state index contributed by atoms with van der Waals surface area (Å²) in [6.07, 6.45) is 0. The molecule has 166 valence electrons. The molecule has 0 saturated carbocycles. The van der Waals surface area contributed by atoms with E-state index in [9.17, 15) is 16.8 Å². The number of aromatic nitrogens is 3. The topological polar surface area (TPSA) is 151 Å². The Bertz CT molecular complexity index is 1260. The molecule has 0 spiro atoms. The van der Waals surface area contributed by atoms with Gasteiger partial charge in [-0.15, -0.1) is 0 Å². The Hall–Kier alpha value is -3.19. The number of rotatable bonds is 8. The molecule has 3 aromatic rings. The molecule has 0 saturated heterocycles. The summed E-state index contributed by atoms with van der Waals surface area (Å²) in [5, 5.41) is 3.67. The van der Waals surface area contributed by atoms with Crippen molar-refractivity contribution in [1.29, 1.82) is 0 Å². The third-order valence-electron chi connectivity index (χ3n) is 4.18. The predicted molar refractivity (Wildman–Crippen MR) is 109 cm³/mol. The van der Waals surface area contributed by atoms with Gasteiger partial charge in [0, 0.05) is 6.07 Å². The van der Waals surface area contributed by atoms with Crippen LogP contribution < -0.4 is 14.2 Å². The quantitative estimate of drug-likeness (QED) is 0.519. The molecule has 31 heavy (non-hydrogen) atoms. The SMILES string of the molecule is COc1cc(NS(=O)(=O)c2ccc(CS(=O)(=O)c3c(C)noc3C)cc2)nc(OC)n1. The minimum absolute atomic E-state index is 0.0394. The highest BCUT2D eigenvalue weighted by Gasteiger charge is 2.25. The lowest BCUT2D eigenvalue weighted by Gasteiger charge is -2.10. The van der Waals surface area contributed by atoms with Crippen molar-refractivity contribution < 1.29 is 30.8 Å². The zero-order chi connectivity index (χ0) is 22.8. The maximum Gasteiger partial charge on any atom is 0.321 e. The van der Waals surface area contributed by atoms with Crippen molar-refractivity contribution in [3.05, 3.63) is 47.3 Å². The number of aryl methyl sites for hydroxylation is 2. The Morgan fingerprint density at radius 2 is 1.68 bits per heavy atom. The molecule has 0 aliphatic heterocycles. The molecule has 1 N–H and O–H groups in total. The van der Waals surface area contributed by atoms with E-state index in [2.05, 4.69) is 19.8 Å². The summed E-state index contributed by atoms with van der Waals surface area (Å²) in [5.41, 5.74) is 0.681. The van der Waals surface area contributed by atoms with Crippen molar-refractivity contribution in [1.82, 2.24) is 15.1 Å². The number of sulfonamides is 1. The Labute approximate surface area is 179 Å². The van der Waals surface area contributed by atoms with E-state index in [0.29, 0.717) is 5.56 Å². The summed E-state index contributed by atoms with van der Waals surface area (Å²) in [6, 6.07) is 6.67. The van der Waals surface area contributed by atoms with Gasteiger partial charge in [-0.05, 0) is 31.5 Å². The smallest absolute Gasteiger partial charge is 0.321 e. The third-order valence-corrected chi connectivity index (χ3v) is 7.47. The normalized spacial score (nSPS) is 11.9. The number of hydrogen-bond acceptors (Lipinski definition) is 10. The van der Waals surface area contributed by atoms with Crippen LogP contribution in [0, 0.1) is 13.8 Å². The first kappa shape index (κ1) is 22.5. The van der Waals surface area contributed by atoms with Gasteiger partial charge in [0.2, 0.25) is 5.88 Å². The predicted octanol–water partition coefficient (Wildman–Crippen LogP) is 1.87. The lowest BCUT2D eigenvalue weighted by Crippen LogP contribution is -2.15. The molecule has 0 fully saturated rings. The van der Waals surface area contributed by atoms with E-state index in [1.165, 1.54) is 51.5 Å². The lowest BCUT2D eigenvalue weighted by molar-refractivity contribution is 0.353. The number of methoxy groups -OCH3 is 2. The van der Waals surface area contributed by atoms with Crippen LogP contribution in [-0.2, 0) is 25.6 Å². The van der Waals surface area contributed by atoms with Crippen LogP contribution in [0.2, 0.25) is 0 Å². The fourth-order valence-electron chi connectivity index (χ4n) is 2.82. The molecule has 3 rings (SSSR count). The highest BCUT2D eigenvalue weighted by molar-refractivity contribution is 7.92. The van der Waals surface area contributed by atoms with Crippen molar-refractivity contribution in [2.24, 2.45) is 0 Å². The van der Waals surface area contributed by atoms with Crippen molar-refractivity contribution in [2.75, 3.05) is 18.9 Å². The van der Waals surface area contributed by atoms with Gasteiger partial charge in [-0.2, -0.15) is 9.97 Å². The number of anilines is 1. The van der Waals surface area contributed by atoms with E-state index in [0.717, 1.165) is 0 Å². The van der Waals surface area contributed by atoms with Crippen LogP contribution in [0.3, 0.4) is 0 Å². The average Bonchev–Trinajstić information content (AvgIpc) is 3.06. The van der Waals surface area contributed by atoms with E-state index >= 15 is 0 Å². The molecule has 13 heteroatoms.